The van der Waals surface area contributed by atoms with E-state index in [1.54, 1.807) is 0 Å². The Kier molecular flexibility index (Phi) is 5.86. The van der Waals surface area contributed by atoms with Crippen molar-refractivity contribution in [2.75, 3.05) is 0 Å². The Morgan fingerprint density at radius 1 is 1.22 bits per heavy atom. The molecule has 0 aliphatic rings. The van der Waals surface area contributed by atoms with E-state index in [4.69, 9.17) is 5.73 Å². The molecule has 1 amide bonds. The van der Waals surface area contributed by atoms with Crippen molar-refractivity contribution in [2.45, 2.75) is 45.7 Å². The molecular weight excluding hydrogens is 224 g/mol. The van der Waals surface area contributed by atoms with Crippen molar-refractivity contribution in [1.82, 2.24) is 5.32 Å². The second-order valence-corrected chi connectivity index (χ2v) is 4.79. The highest BCUT2D eigenvalue weighted by atomic mass is 16.2. The molecule has 0 saturated carbocycles. The van der Waals surface area contributed by atoms with Gasteiger partial charge in [-0.05, 0) is 17.9 Å². The number of hydrogen-bond acceptors (Lipinski definition) is 2. The highest BCUT2D eigenvalue weighted by molar-refractivity contribution is 5.82. The molecule has 0 aliphatic carbocycles. The van der Waals surface area contributed by atoms with Gasteiger partial charge in [0.2, 0.25) is 5.91 Å². The number of carbonyl (C=O) groups excluding carboxylic acids is 1. The van der Waals surface area contributed by atoms with Gasteiger partial charge in [-0.25, -0.2) is 0 Å². The lowest BCUT2D eigenvalue weighted by atomic mass is 9.98. The van der Waals surface area contributed by atoms with Crippen LogP contribution in [0.5, 0.6) is 0 Å². The molecule has 0 saturated heterocycles. The molecule has 1 aromatic carbocycles. The number of rotatable bonds is 6. The maximum absolute atomic E-state index is 12.0. The number of nitrogens with one attached hydrogen (secondary N) is 1. The summed E-state index contributed by atoms with van der Waals surface area (Å²) in [6.45, 7) is 6.12. The van der Waals surface area contributed by atoms with Crippen LogP contribution in [0, 0.1) is 5.92 Å². The lowest BCUT2D eigenvalue weighted by molar-refractivity contribution is -0.124. The molecule has 3 N–H and O–H groups in total. The van der Waals surface area contributed by atoms with E-state index in [1.165, 1.54) is 0 Å². The maximum atomic E-state index is 12.0. The third kappa shape index (κ3) is 3.84. The van der Waals surface area contributed by atoms with Crippen molar-refractivity contribution in [3.8, 4) is 0 Å². The summed E-state index contributed by atoms with van der Waals surface area (Å²) in [5, 5.41) is 3.03. The van der Waals surface area contributed by atoms with Crippen LogP contribution in [0.4, 0.5) is 0 Å². The van der Waals surface area contributed by atoms with Crippen LogP contribution in [0.15, 0.2) is 30.3 Å². The van der Waals surface area contributed by atoms with Crippen molar-refractivity contribution in [2.24, 2.45) is 11.7 Å². The van der Waals surface area contributed by atoms with Gasteiger partial charge in [-0.15, -0.1) is 0 Å². The fraction of sp³-hybridized carbons (Fsp3) is 0.533. The topological polar surface area (TPSA) is 55.1 Å². The van der Waals surface area contributed by atoms with Crippen molar-refractivity contribution in [1.29, 1.82) is 0 Å². The summed E-state index contributed by atoms with van der Waals surface area (Å²) in [6.07, 6.45) is 1.78. The Balaban J connectivity index is 2.67. The van der Waals surface area contributed by atoms with Crippen LogP contribution in [-0.4, -0.2) is 11.9 Å². The standard InChI is InChI=1S/C15H24N2O/c1-4-11(3)14(16)15(18)17-13(5-2)12-9-7-6-8-10-12/h6-11,13-14H,4-5,16H2,1-3H3,(H,17,18). The normalized spacial score (nSPS) is 15.8. The first-order valence-electron chi connectivity index (χ1n) is 6.71. The van der Waals surface area contributed by atoms with E-state index in [-0.39, 0.29) is 17.9 Å². The largest absolute Gasteiger partial charge is 0.348 e. The Morgan fingerprint density at radius 3 is 2.33 bits per heavy atom. The summed E-state index contributed by atoms with van der Waals surface area (Å²) in [5.74, 6) is 0.151. The molecule has 3 unspecified atom stereocenters. The molecule has 0 heterocycles. The first kappa shape index (κ1) is 14.7. The third-order valence-corrected chi connectivity index (χ3v) is 3.49. The summed E-state index contributed by atoms with van der Waals surface area (Å²) < 4.78 is 0. The second-order valence-electron chi connectivity index (χ2n) is 4.79. The lowest BCUT2D eigenvalue weighted by Gasteiger charge is -2.23. The monoisotopic (exact) mass is 248 g/mol. The van der Waals surface area contributed by atoms with Crippen LogP contribution in [0.3, 0.4) is 0 Å². The number of carbonyl (C=O) groups is 1. The molecule has 100 valence electrons. The van der Waals surface area contributed by atoms with Gasteiger partial charge in [-0.1, -0.05) is 57.5 Å². The Morgan fingerprint density at radius 2 is 1.83 bits per heavy atom. The SMILES string of the molecule is CCC(NC(=O)C(N)C(C)CC)c1ccccc1. The summed E-state index contributed by atoms with van der Waals surface area (Å²) in [5.41, 5.74) is 7.07. The van der Waals surface area contributed by atoms with Crippen LogP contribution in [0.1, 0.15) is 45.2 Å². The van der Waals surface area contributed by atoms with Crippen molar-refractivity contribution < 1.29 is 4.79 Å². The Hall–Kier alpha value is -1.35. The van der Waals surface area contributed by atoms with Crippen LogP contribution in [0.25, 0.3) is 0 Å². The van der Waals surface area contributed by atoms with E-state index in [9.17, 15) is 4.79 Å². The predicted molar refractivity (Wildman–Crippen MR) is 75.0 cm³/mol. The molecule has 0 aromatic heterocycles. The minimum Gasteiger partial charge on any atom is -0.348 e. The Bertz CT molecular complexity index is 364. The van der Waals surface area contributed by atoms with Crippen molar-refractivity contribution in [3.63, 3.8) is 0 Å². The zero-order valence-electron chi connectivity index (χ0n) is 11.5. The minimum atomic E-state index is -0.423. The first-order chi connectivity index (χ1) is 8.60. The van der Waals surface area contributed by atoms with Crippen molar-refractivity contribution >= 4 is 5.91 Å². The first-order valence-corrected chi connectivity index (χ1v) is 6.71. The second kappa shape index (κ2) is 7.17. The average molecular weight is 248 g/mol. The van der Waals surface area contributed by atoms with Crippen LogP contribution < -0.4 is 11.1 Å². The molecule has 3 heteroatoms. The quantitative estimate of drug-likeness (QED) is 0.813. The lowest BCUT2D eigenvalue weighted by Crippen LogP contribution is -2.45. The summed E-state index contributed by atoms with van der Waals surface area (Å²) in [6, 6.07) is 9.63. The van der Waals surface area contributed by atoms with Gasteiger partial charge in [0.25, 0.3) is 0 Å². The molecule has 0 fully saturated rings. The van der Waals surface area contributed by atoms with Gasteiger partial charge in [0, 0.05) is 0 Å². The zero-order chi connectivity index (χ0) is 13.5. The molecule has 0 spiro atoms. The van der Waals surface area contributed by atoms with Crippen molar-refractivity contribution in [3.05, 3.63) is 35.9 Å². The van der Waals surface area contributed by atoms with Gasteiger partial charge in [0.1, 0.15) is 0 Å². The summed E-state index contributed by atoms with van der Waals surface area (Å²) in [4.78, 5) is 12.0. The average Bonchev–Trinajstić information content (AvgIpc) is 2.43. The molecule has 3 nitrogen and oxygen atoms in total. The Labute approximate surface area is 110 Å². The van der Waals surface area contributed by atoms with E-state index in [2.05, 4.69) is 12.2 Å². The fourth-order valence-corrected chi connectivity index (χ4v) is 1.89. The van der Waals surface area contributed by atoms with Crippen LogP contribution >= 0.6 is 0 Å². The van der Waals surface area contributed by atoms with Crippen LogP contribution in [-0.2, 0) is 4.79 Å². The van der Waals surface area contributed by atoms with Crippen LogP contribution in [0.2, 0.25) is 0 Å². The van der Waals surface area contributed by atoms with E-state index in [0.29, 0.717) is 0 Å². The van der Waals surface area contributed by atoms with E-state index in [0.717, 1.165) is 18.4 Å². The van der Waals surface area contributed by atoms with Gasteiger partial charge >= 0.3 is 0 Å². The highest BCUT2D eigenvalue weighted by Gasteiger charge is 2.22. The van der Waals surface area contributed by atoms with Gasteiger partial charge in [0.15, 0.2) is 0 Å². The zero-order valence-corrected chi connectivity index (χ0v) is 11.5. The number of hydrogen-bond donors (Lipinski definition) is 2. The molecule has 0 radical (unpaired) electrons. The number of nitrogens with two attached hydrogens (primary N) is 1. The van der Waals surface area contributed by atoms with Gasteiger partial charge in [-0.2, -0.15) is 0 Å². The van der Waals surface area contributed by atoms with E-state index in [1.807, 2.05) is 44.2 Å². The molecule has 0 aliphatic heterocycles. The van der Waals surface area contributed by atoms with Gasteiger partial charge < -0.3 is 11.1 Å². The molecule has 3 atom stereocenters. The number of amides is 1. The molecule has 1 rings (SSSR count). The minimum absolute atomic E-state index is 0.0498. The molecule has 1 aromatic rings. The predicted octanol–water partition coefficient (Wildman–Crippen LogP) is 2.63. The highest BCUT2D eigenvalue weighted by Crippen LogP contribution is 2.16. The maximum Gasteiger partial charge on any atom is 0.237 e. The van der Waals surface area contributed by atoms with E-state index < -0.39 is 6.04 Å². The molecule has 18 heavy (non-hydrogen) atoms. The smallest absolute Gasteiger partial charge is 0.237 e. The molecule has 0 bridgehead atoms. The summed E-state index contributed by atoms with van der Waals surface area (Å²) in [7, 11) is 0. The number of benzene rings is 1. The molecular formula is C15H24N2O. The van der Waals surface area contributed by atoms with E-state index >= 15 is 0 Å². The fourth-order valence-electron chi connectivity index (χ4n) is 1.89. The third-order valence-electron chi connectivity index (χ3n) is 3.49. The summed E-state index contributed by atoms with van der Waals surface area (Å²) >= 11 is 0. The van der Waals surface area contributed by atoms with Gasteiger partial charge in [0.05, 0.1) is 12.1 Å². The van der Waals surface area contributed by atoms with Gasteiger partial charge in [-0.3, -0.25) is 4.79 Å².